The summed E-state index contributed by atoms with van der Waals surface area (Å²) in [7, 11) is -1.55. The van der Waals surface area contributed by atoms with Crippen molar-refractivity contribution >= 4 is 40.0 Å². The number of ether oxygens (including phenoxy) is 2. The van der Waals surface area contributed by atoms with Crippen LogP contribution in [0.1, 0.15) is 32.3 Å². The number of aliphatic imine (C=N–C) groups is 1. The second kappa shape index (κ2) is 14.0. The van der Waals surface area contributed by atoms with Crippen molar-refractivity contribution in [2.45, 2.75) is 39.3 Å². The molecule has 0 saturated carbocycles. The molecule has 0 radical (unpaired) electrons. The third kappa shape index (κ3) is 8.62. The van der Waals surface area contributed by atoms with Crippen molar-refractivity contribution in [3.05, 3.63) is 23.8 Å². The zero-order valence-electron chi connectivity index (χ0n) is 18.5. The summed E-state index contributed by atoms with van der Waals surface area (Å²) in [5.74, 6) is 2.02. The number of aliphatic hydroxyl groups is 1. The number of guanidine groups is 1. The van der Waals surface area contributed by atoms with Crippen molar-refractivity contribution in [3.63, 3.8) is 0 Å². The number of sulfonamides is 1. The second-order valence-electron chi connectivity index (χ2n) is 6.97. The lowest BCUT2D eigenvalue weighted by atomic mass is 10.1. The van der Waals surface area contributed by atoms with E-state index >= 15 is 0 Å². The number of halogens is 1. The number of piperidine rings is 1. The minimum absolute atomic E-state index is 0. The Bertz CT molecular complexity index is 799. The molecule has 2 rings (SSSR count). The molecular weight excluding hydrogens is 535 g/mol. The maximum atomic E-state index is 12.0. The smallest absolute Gasteiger partial charge is 0.213 e. The summed E-state index contributed by atoms with van der Waals surface area (Å²) in [6.45, 7) is 6.07. The molecule has 1 aromatic carbocycles. The van der Waals surface area contributed by atoms with Crippen molar-refractivity contribution in [3.8, 4) is 11.5 Å². The maximum absolute atomic E-state index is 12.0. The van der Waals surface area contributed by atoms with Gasteiger partial charge in [0.2, 0.25) is 10.0 Å². The number of hydrogen-bond donors (Lipinski definition) is 3. The highest BCUT2D eigenvalue weighted by atomic mass is 127. The van der Waals surface area contributed by atoms with Gasteiger partial charge in [0.15, 0.2) is 17.5 Å². The molecule has 0 amide bonds. The normalized spacial score (nSPS) is 15.8. The molecule has 0 spiro atoms. The van der Waals surface area contributed by atoms with E-state index in [1.807, 2.05) is 25.1 Å². The van der Waals surface area contributed by atoms with E-state index in [-0.39, 0.29) is 49.0 Å². The molecule has 0 unspecified atom stereocenters. The molecule has 1 aliphatic rings. The molecule has 1 saturated heterocycles. The van der Waals surface area contributed by atoms with Gasteiger partial charge in [-0.1, -0.05) is 6.07 Å². The van der Waals surface area contributed by atoms with Gasteiger partial charge in [0.1, 0.15) is 6.61 Å². The third-order valence-corrected chi connectivity index (χ3v) is 6.78. The monoisotopic (exact) mass is 570 g/mol. The molecule has 11 heteroatoms. The van der Waals surface area contributed by atoms with Gasteiger partial charge in [0, 0.05) is 25.7 Å². The van der Waals surface area contributed by atoms with Crippen molar-refractivity contribution in [2.24, 2.45) is 4.99 Å². The number of aliphatic hydroxyl groups excluding tert-OH is 1. The van der Waals surface area contributed by atoms with Crippen LogP contribution < -0.4 is 20.1 Å². The Hall–Kier alpha value is -1.31. The SMILES string of the molecule is CCNC(=NCc1ccc(OCCO)c(OC)c1)NC1CCN(S(=O)(=O)CC)CC1.I. The van der Waals surface area contributed by atoms with Crippen LogP contribution in [0.25, 0.3) is 0 Å². The number of nitrogens with one attached hydrogen (secondary N) is 2. The second-order valence-corrected chi connectivity index (χ2v) is 9.23. The summed E-state index contributed by atoms with van der Waals surface area (Å²) < 4.78 is 36.4. The standard InChI is InChI=1S/C20H34N4O5S.HI/c1-4-21-20(23-17-8-10-24(11-9-17)30(26,27)5-2)22-15-16-6-7-18(29-13-12-25)19(14-16)28-3;/h6-7,14,17,25H,4-5,8-13,15H2,1-3H3,(H2,21,22,23);1H. The highest BCUT2D eigenvalue weighted by Crippen LogP contribution is 2.28. The zero-order chi connectivity index (χ0) is 22.0. The zero-order valence-corrected chi connectivity index (χ0v) is 21.6. The minimum atomic E-state index is -3.12. The van der Waals surface area contributed by atoms with E-state index in [4.69, 9.17) is 14.6 Å². The first-order chi connectivity index (χ1) is 14.4. The number of benzene rings is 1. The summed E-state index contributed by atoms with van der Waals surface area (Å²) in [5.41, 5.74) is 0.962. The van der Waals surface area contributed by atoms with Crippen LogP contribution in [0.4, 0.5) is 0 Å². The Kier molecular flexibility index (Phi) is 12.5. The summed E-state index contributed by atoms with van der Waals surface area (Å²) in [5, 5.41) is 15.6. The molecule has 1 heterocycles. The molecule has 0 bridgehead atoms. The van der Waals surface area contributed by atoms with Crippen molar-refractivity contribution in [2.75, 3.05) is 45.7 Å². The quantitative estimate of drug-likeness (QED) is 0.222. The first kappa shape index (κ1) is 27.7. The van der Waals surface area contributed by atoms with Crippen LogP contribution in [0.2, 0.25) is 0 Å². The topological polar surface area (TPSA) is 112 Å². The predicted octanol–water partition coefficient (Wildman–Crippen LogP) is 1.55. The minimum Gasteiger partial charge on any atom is -0.493 e. The van der Waals surface area contributed by atoms with E-state index in [2.05, 4.69) is 15.6 Å². The molecule has 178 valence electrons. The van der Waals surface area contributed by atoms with Gasteiger partial charge in [-0.15, -0.1) is 24.0 Å². The molecule has 1 aliphatic heterocycles. The van der Waals surface area contributed by atoms with E-state index < -0.39 is 10.0 Å². The van der Waals surface area contributed by atoms with Crippen molar-refractivity contribution < 1.29 is 23.0 Å². The van der Waals surface area contributed by atoms with Gasteiger partial charge in [-0.3, -0.25) is 0 Å². The van der Waals surface area contributed by atoms with E-state index in [0.717, 1.165) is 24.9 Å². The average molecular weight is 570 g/mol. The molecule has 31 heavy (non-hydrogen) atoms. The fraction of sp³-hybridized carbons (Fsp3) is 0.650. The van der Waals surface area contributed by atoms with Crippen LogP contribution >= 0.6 is 24.0 Å². The molecule has 0 aromatic heterocycles. The van der Waals surface area contributed by atoms with Gasteiger partial charge >= 0.3 is 0 Å². The Labute approximate surface area is 202 Å². The van der Waals surface area contributed by atoms with Crippen LogP contribution in [0.15, 0.2) is 23.2 Å². The first-order valence-corrected chi connectivity index (χ1v) is 12.0. The first-order valence-electron chi connectivity index (χ1n) is 10.4. The van der Waals surface area contributed by atoms with E-state index in [0.29, 0.717) is 37.1 Å². The summed E-state index contributed by atoms with van der Waals surface area (Å²) in [6.07, 6.45) is 1.49. The number of methoxy groups -OCH3 is 1. The lowest BCUT2D eigenvalue weighted by molar-refractivity contribution is 0.196. The number of hydrogen-bond acceptors (Lipinski definition) is 6. The van der Waals surface area contributed by atoms with Gasteiger partial charge in [-0.25, -0.2) is 17.7 Å². The van der Waals surface area contributed by atoms with Gasteiger partial charge in [-0.05, 0) is 44.4 Å². The van der Waals surface area contributed by atoms with Crippen LogP contribution in [0, 0.1) is 0 Å². The summed E-state index contributed by atoms with van der Waals surface area (Å²) in [4.78, 5) is 4.66. The lowest BCUT2D eigenvalue weighted by Gasteiger charge is -2.32. The fourth-order valence-electron chi connectivity index (χ4n) is 3.23. The van der Waals surface area contributed by atoms with Crippen molar-refractivity contribution in [1.82, 2.24) is 14.9 Å². The maximum Gasteiger partial charge on any atom is 0.213 e. The molecule has 1 fully saturated rings. The summed E-state index contributed by atoms with van der Waals surface area (Å²) in [6, 6.07) is 5.77. The lowest BCUT2D eigenvalue weighted by Crippen LogP contribution is -2.50. The molecule has 9 nitrogen and oxygen atoms in total. The highest BCUT2D eigenvalue weighted by molar-refractivity contribution is 14.0. The van der Waals surface area contributed by atoms with E-state index in [1.165, 1.54) is 0 Å². The molecule has 3 N–H and O–H groups in total. The van der Waals surface area contributed by atoms with Crippen LogP contribution in [-0.2, 0) is 16.6 Å². The van der Waals surface area contributed by atoms with Gasteiger partial charge in [0.05, 0.1) is 26.0 Å². The third-order valence-electron chi connectivity index (χ3n) is 4.89. The van der Waals surface area contributed by atoms with E-state index in [9.17, 15) is 8.42 Å². The van der Waals surface area contributed by atoms with Gasteiger partial charge in [-0.2, -0.15) is 0 Å². The number of nitrogens with zero attached hydrogens (tertiary/aromatic N) is 2. The largest absolute Gasteiger partial charge is 0.493 e. The predicted molar refractivity (Wildman–Crippen MR) is 133 cm³/mol. The molecule has 0 atom stereocenters. The van der Waals surface area contributed by atoms with Gasteiger partial charge < -0.3 is 25.2 Å². The van der Waals surface area contributed by atoms with Crippen LogP contribution in [-0.4, -0.2) is 75.5 Å². The Balaban J connectivity index is 0.00000480. The molecule has 1 aromatic rings. The Morgan fingerprint density at radius 1 is 1.26 bits per heavy atom. The summed E-state index contributed by atoms with van der Waals surface area (Å²) >= 11 is 0. The number of rotatable bonds is 10. The Morgan fingerprint density at radius 2 is 1.97 bits per heavy atom. The van der Waals surface area contributed by atoms with Crippen LogP contribution in [0.3, 0.4) is 0 Å². The van der Waals surface area contributed by atoms with Crippen LogP contribution in [0.5, 0.6) is 11.5 Å². The average Bonchev–Trinajstić information content (AvgIpc) is 2.76. The molecular formula is C20H35IN4O5S. The fourth-order valence-corrected chi connectivity index (χ4v) is 4.36. The highest BCUT2D eigenvalue weighted by Gasteiger charge is 2.27. The van der Waals surface area contributed by atoms with Gasteiger partial charge in [0.25, 0.3) is 0 Å². The molecule has 0 aliphatic carbocycles. The van der Waals surface area contributed by atoms with E-state index in [1.54, 1.807) is 18.3 Å². The van der Waals surface area contributed by atoms with Crippen molar-refractivity contribution in [1.29, 1.82) is 0 Å². The Morgan fingerprint density at radius 3 is 2.55 bits per heavy atom.